The molecule has 40 heavy (non-hydrogen) atoms. The molecule has 0 aromatic rings. The normalized spacial score (nSPS) is 13.8. The summed E-state index contributed by atoms with van der Waals surface area (Å²) in [7, 11) is -4.33. The van der Waals surface area contributed by atoms with Crippen LogP contribution in [0.1, 0.15) is 162 Å². The quantitative estimate of drug-likeness (QED) is 0.0462. The number of hydrogen-bond donors (Lipinski definition) is 3. The van der Waals surface area contributed by atoms with Gasteiger partial charge < -0.3 is 10.4 Å². The SMILES string of the molecule is CCCCCCCC/C=C\CCCCCCCCCC(=O)NC(CS(=O)(=O)O)C(O)/C=C/CCCCCCCC. The van der Waals surface area contributed by atoms with Crippen molar-refractivity contribution < 1.29 is 22.9 Å². The summed E-state index contributed by atoms with van der Waals surface area (Å²) < 4.78 is 32.1. The Morgan fingerprint density at radius 3 is 1.50 bits per heavy atom. The van der Waals surface area contributed by atoms with Gasteiger partial charge in [0.15, 0.2) is 0 Å². The number of nitrogens with one attached hydrogen (secondary N) is 1. The largest absolute Gasteiger partial charge is 0.387 e. The number of hydrogen-bond acceptors (Lipinski definition) is 4. The molecule has 6 nitrogen and oxygen atoms in total. The van der Waals surface area contributed by atoms with Gasteiger partial charge in [-0.3, -0.25) is 9.35 Å². The van der Waals surface area contributed by atoms with Crippen molar-refractivity contribution >= 4 is 16.0 Å². The van der Waals surface area contributed by atoms with Crippen LogP contribution in [0, 0.1) is 0 Å². The second-order valence-electron chi connectivity index (χ2n) is 11.4. The molecule has 236 valence electrons. The lowest BCUT2D eigenvalue weighted by atomic mass is 10.1. The summed E-state index contributed by atoms with van der Waals surface area (Å²) in [6.45, 7) is 4.44. The van der Waals surface area contributed by atoms with E-state index in [4.69, 9.17) is 0 Å². The molecule has 0 aliphatic heterocycles. The highest BCUT2D eigenvalue weighted by atomic mass is 32.2. The van der Waals surface area contributed by atoms with Crippen LogP contribution in [0.4, 0.5) is 0 Å². The Morgan fingerprint density at radius 1 is 0.650 bits per heavy atom. The third-order valence-electron chi connectivity index (χ3n) is 7.37. The van der Waals surface area contributed by atoms with E-state index in [1.54, 1.807) is 0 Å². The van der Waals surface area contributed by atoms with Gasteiger partial charge in [0.1, 0.15) is 0 Å². The van der Waals surface area contributed by atoms with E-state index in [-0.39, 0.29) is 5.91 Å². The van der Waals surface area contributed by atoms with Gasteiger partial charge in [0.05, 0.1) is 17.9 Å². The smallest absolute Gasteiger partial charge is 0.267 e. The van der Waals surface area contributed by atoms with Crippen molar-refractivity contribution in [3.8, 4) is 0 Å². The topological polar surface area (TPSA) is 104 Å². The van der Waals surface area contributed by atoms with Crippen LogP contribution in [-0.4, -0.2) is 41.9 Å². The van der Waals surface area contributed by atoms with E-state index in [1.807, 2.05) is 6.08 Å². The van der Waals surface area contributed by atoms with Gasteiger partial charge in [-0.25, -0.2) is 0 Å². The van der Waals surface area contributed by atoms with E-state index >= 15 is 0 Å². The Balaban J connectivity index is 3.96. The maximum atomic E-state index is 12.4. The maximum absolute atomic E-state index is 12.4. The first kappa shape index (κ1) is 38.8. The van der Waals surface area contributed by atoms with Crippen LogP contribution < -0.4 is 5.32 Å². The van der Waals surface area contributed by atoms with E-state index < -0.39 is 28.0 Å². The molecule has 3 N–H and O–H groups in total. The summed E-state index contributed by atoms with van der Waals surface area (Å²) in [6, 6.07) is -1.05. The van der Waals surface area contributed by atoms with Crippen LogP contribution >= 0.6 is 0 Å². The van der Waals surface area contributed by atoms with E-state index in [2.05, 4.69) is 31.3 Å². The highest BCUT2D eigenvalue weighted by Gasteiger charge is 2.24. The van der Waals surface area contributed by atoms with Gasteiger partial charge in [0.2, 0.25) is 5.91 Å². The second-order valence-corrected chi connectivity index (χ2v) is 12.9. The minimum atomic E-state index is -4.33. The van der Waals surface area contributed by atoms with Crippen molar-refractivity contribution in [2.75, 3.05) is 5.75 Å². The predicted molar refractivity (Wildman–Crippen MR) is 170 cm³/mol. The first-order chi connectivity index (χ1) is 19.3. The lowest BCUT2D eigenvalue weighted by molar-refractivity contribution is -0.122. The molecule has 1 amide bonds. The molecule has 0 aromatic carbocycles. The van der Waals surface area contributed by atoms with Crippen LogP contribution in [0.2, 0.25) is 0 Å². The Labute approximate surface area is 247 Å². The first-order valence-corrected chi connectivity index (χ1v) is 18.1. The van der Waals surface area contributed by atoms with Crippen molar-refractivity contribution in [2.24, 2.45) is 0 Å². The fourth-order valence-corrected chi connectivity index (χ4v) is 5.59. The number of carbonyl (C=O) groups is 1. The van der Waals surface area contributed by atoms with Crippen LogP contribution in [0.5, 0.6) is 0 Å². The van der Waals surface area contributed by atoms with Crippen molar-refractivity contribution in [1.29, 1.82) is 0 Å². The molecule has 0 saturated carbocycles. The molecule has 0 saturated heterocycles. The van der Waals surface area contributed by atoms with Crippen LogP contribution in [-0.2, 0) is 14.9 Å². The molecular weight excluding hydrogens is 522 g/mol. The number of carbonyl (C=O) groups excluding carboxylic acids is 1. The lowest BCUT2D eigenvalue weighted by Crippen LogP contribution is -2.46. The van der Waals surface area contributed by atoms with Crippen LogP contribution in [0.25, 0.3) is 0 Å². The van der Waals surface area contributed by atoms with E-state index in [0.717, 1.165) is 44.9 Å². The molecule has 0 aliphatic rings. The Kier molecular flexibility index (Phi) is 27.1. The summed E-state index contributed by atoms with van der Waals surface area (Å²) in [5, 5.41) is 13.1. The Bertz CT molecular complexity index is 735. The zero-order valence-electron chi connectivity index (χ0n) is 26.0. The summed E-state index contributed by atoms with van der Waals surface area (Å²) in [5.41, 5.74) is 0. The zero-order chi connectivity index (χ0) is 29.7. The number of aliphatic hydroxyl groups is 1. The fraction of sp³-hybridized carbons (Fsp3) is 0.848. The van der Waals surface area contributed by atoms with Crippen LogP contribution in [0.3, 0.4) is 0 Å². The van der Waals surface area contributed by atoms with Gasteiger partial charge >= 0.3 is 0 Å². The molecular formula is C33H63NO5S. The third-order valence-corrected chi connectivity index (χ3v) is 8.15. The highest BCUT2D eigenvalue weighted by molar-refractivity contribution is 7.85. The van der Waals surface area contributed by atoms with Gasteiger partial charge in [0.25, 0.3) is 10.1 Å². The molecule has 0 radical (unpaired) electrons. The van der Waals surface area contributed by atoms with E-state index in [9.17, 15) is 22.9 Å². The standard InChI is InChI=1S/C33H63NO5S/c1-3-5-7-9-11-13-14-15-16-17-18-19-20-21-23-25-27-29-33(36)34-31(30-40(37,38)39)32(35)28-26-24-22-12-10-8-6-4-2/h15-16,26,28,31-32,35H,3-14,17-25,27,29-30H2,1-2H3,(H,34,36)(H,37,38,39)/b16-15-,28-26+. The summed E-state index contributed by atoms with van der Waals surface area (Å²) in [6.07, 6.45) is 33.1. The van der Waals surface area contributed by atoms with Gasteiger partial charge in [-0.2, -0.15) is 8.42 Å². The Morgan fingerprint density at radius 2 is 1.05 bits per heavy atom. The van der Waals surface area contributed by atoms with Crippen molar-refractivity contribution in [3.63, 3.8) is 0 Å². The van der Waals surface area contributed by atoms with E-state index in [0.29, 0.717) is 6.42 Å². The number of rotatable bonds is 29. The highest BCUT2D eigenvalue weighted by Crippen LogP contribution is 2.12. The maximum Gasteiger partial charge on any atom is 0.267 e. The summed E-state index contributed by atoms with van der Waals surface area (Å²) in [4.78, 5) is 12.4. The summed E-state index contributed by atoms with van der Waals surface area (Å²) >= 11 is 0. The van der Waals surface area contributed by atoms with Gasteiger partial charge in [-0.15, -0.1) is 0 Å². The monoisotopic (exact) mass is 585 g/mol. The number of allylic oxidation sites excluding steroid dienone is 3. The third kappa shape index (κ3) is 28.4. The first-order valence-electron chi connectivity index (χ1n) is 16.5. The molecule has 2 unspecified atom stereocenters. The molecule has 0 fully saturated rings. The zero-order valence-corrected chi connectivity index (χ0v) is 26.8. The summed E-state index contributed by atoms with van der Waals surface area (Å²) in [5.74, 6) is -0.986. The molecule has 0 aliphatic carbocycles. The average Bonchev–Trinajstić information content (AvgIpc) is 2.90. The molecule has 2 atom stereocenters. The predicted octanol–water partition coefficient (Wildman–Crippen LogP) is 8.84. The second kappa shape index (κ2) is 28.0. The molecule has 0 spiro atoms. The minimum absolute atomic E-state index is 0.287. The van der Waals surface area contributed by atoms with Crippen molar-refractivity contribution in [3.05, 3.63) is 24.3 Å². The lowest BCUT2D eigenvalue weighted by Gasteiger charge is -2.21. The number of aliphatic hydroxyl groups excluding tert-OH is 1. The molecule has 0 rings (SSSR count). The average molecular weight is 586 g/mol. The van der Waals surface area contributed by atoms with Gasteiger partial charge in [0, 0.05) is 6.42 Å². The van der Waals surface area contributed by atoms with Crippen LogP contribution in [0.15, 0.2) is 24.3 Å². The minimum Gasteiger partial charge on any atom is -0.387 e. The van der Waals surface area contributed by atoms with Gasteiger partial charge in [-0.05, 0) is 44.9 Å². The number of unbranched alkanes of at least 4 members (excludes halogenated alkanes) is 19. The fourth-order valence-electron chi connectivity index (χ4n) is 4.85. The molecule has 0 heterocycles. The molecule has 7 heteroatoms. The van der Waals surface area contributed by atoms with E-state index in [1.165, 1.54) is 102 Å². The van der Waals surface area contributed by atoms with Gasteiger partial charge in [-0.1, -0.05) is 134 Å². The molecule has 0 bridgehead atoms. The Hall–Kier alpha value is -1.18. The van der Waals surface area contributed by atoms with Crippen molar-refractivity contribution in [1.82, 2.24) is 5.32 Å². The number of amides is 1. The molecule has 0 aromatic heterocycles. The van der Waals surface area contributed by atoms with Crippen molar-refractivity contribution in [2.45, 2.75) is 174 Å².